The molecule has 1 aliphatic rings. The van der Waals surface area contributed by atoms with E-state index in [1.165, 1.54) is 13.2 Å². The van der Waals surface area contributed by atoms with E-state index >= 15 is 0 Å². The lowest BCUT2D eigenvalue weighted by Crippen LogP contribution is -2.51. The fraction of sp³-hybridized carbons (Fsp3) is 0.353. The van der Waals surface area contributed by atoms with Crippen molar-refractivity contribution < 1.29 is 19.4 Å². The minimum absolute atomic E-state index is 0.0161. The van der Waals surface area contributed by atoms with E-state index in [-0.39, 0.29) is 22.2 Å². The van der Waals surface area contributed by atoms with Gasteiger partial charge in [0.25, 0.3) is 11.8 Å². The minimum atomic E-state index is -0.564. The molecule has 2 rings (SSSR count). The highest BCUT2D eigenvalue weighted by Gasteiger charge is 2.26. The molecule has 1 heterocycles. The van der Waals surface area contributed by atoms with Crippen LogP contribution in [0.2, 0.25) is 0 Å². The molecule has 8 heteroatoms. The number of nitrogens with one attached hydrogen (secondary N) is 2. The van der Waals surface area contributed by atoms with Crippen LogP contribution in [0.1, 0.15) is 25.0 Å². The van der Waals surface area contributed by atoms with Crippen LogP contribution in [0.5, 0.6) is 11.5 Å². The Morgan fingerprint density at radius 3 is 2.32 bits per heavy atom. The molecule has 0 atom stereocenters. The van der Waals surface area contributed by atoms with Gasteiger partial charge in [-0.05, 0) is 49.1 Å². The summed E-state index contributed by atoms with van der Waals surface area (Å²) in [6.07, 6.45) is 1.44. The topological polar surface area (TPSA) is 90.9 Å². The second-order valence-corrected chi connectivity index (χ2v) is 5.90. The smallest absolute Gasteiger partial charge is 0.263 e. The highest BCUT2D eigenvalue weighted by atomic mass is 32.1. The van der Waals surface area contributed by atoms with E-state index in [2.05, 4.69) is 15.5 Å². The second-order valence-electron chi connectivity index (χ2n) is 5.49. The summed E-state index contributed by atoms with van der Waals surface area (Å²) in [7, 11) is 1.45. The highest BCUT2D eigenvalue weighted by molar-refractivity contribution is 7.80. The van der Waals surface area contributed by atoms with Gasteiger partial charge in [0, 0.05) is 12.1 Å². The molecule has 0 spiro atoms. The lowest BCUT2D eigenvalue weighted by Gasteiger charge is -2.20. The number of ether oxygens (including phenoxy) is 1. The molecule has 0 aromatic heterocycles. The van der Waals surface area contributed by atoms with Gasteiger partial charge in [-0.15, -0.1) is 0 Å². The number of phenols is 1. The first kappa shape index (κ1) is 18.9. The lowest BCUT2D eigenvalue weighted by molar-refractivity contribution is -0.123. The predicted molar refractivity (Wildman–Crippen MR) is 98.1 cm³/mol. The Kier molecular flexibility index (Phi) is 6.11. The van der Waals surface area contributed by atoms with Gasteiger partial charge in [-0.25, -0.2) is 0 Å². The molecule has 0 bridgehead atoms. The molecule has 25 heavy (non-hydrogen) atoms. The predicted octanol–water partition coefficient (Wildman–Crippen LogP) is 1.16. The molecular formula is C17H21N3O4S. The molecule has 1 fully saturated rings. The number of amides is 2. The minimum Gasteiger partial charge on any atom is -0.504 e. The largest absolute Gasteiger partial charge is 0.504 e. The van der Waals surface area contributed by atoms with Gasteiger partial charge in [0.15, 0.2) is 16.6 Å². The fourth-order valence-corrected chi connectivity index (χ4v) is 2.70. The van der Waals surface area contributed by atoms with E-state index in [1.807, 2.05) is 13.8 Å². The standard InChI is InChI=1S/C17H21N3O4S/c1-4-20(5-2)9-11-6-10(8-13(24-3)14(11)21)7-12-15(22)18-17(25)19-16(12)23/h6-8,21H,4-5,9H2,1-3H3,(H2,18,19,22,23,25). The van der Waals surface area contributed by atoms with Crippen molar-refractivity contribution in [3.8, 4) is 11.5 Å². The maximum absolute atomic E-state index is 12.0. The molecule has 0 aliphatic carbocycles. The van der Waals surface area contributed by atoms with E-state index in [0.717, 1.165) is 13.1 Å². The van der Waals surface area contributed by atoms with Gasteiger partial charge in [-0.1, -0.05) is 13.8 Å². The highest BCUT2D eigenvalue weighted by Crippen LogP contribution is 2.33. The first-order chi connectivity index (χ1) is 11.9. The van der Waals surface area contributed by atoms with Crippen LogP contribution in [-0.2, 0) is 16.1 Å². The van der Waals surface area contributed by atoms with Crippen LogP contribution >= 0.6 is 12.2 Å². The third-order valence-electron chi connectivity index (χ3n) is 3.94. The molecular weight excluding hydrogens is 342 g/mol. The van der Waals surface area contributed by atoms with E-state index in [1.54, 1.807) is 12.1 Å². The SMILES string of the molecule is CCN(CC)Cc1cc(C=C2C(=O)NC(=S)NC2=O)cc(OC)c1O. The molecule has 7 nitrogen and oxygen atoms in total. The summed E-state index contributed by atoms with van der Waals surface area (Å²) in [5.41, 5.74) is 1.17. The van der Waals surface area contributed by atoms with Gasteiger partial charge < -0.3 is 9.84 Å². The Labute approximate surface area is 151 Å². The second kappa shape index (κ2) is 8.09. The third kappa shape index (κ3) is 4.34. The summed E-state index contributed by atoms with van der Waals surface area (Å²) in [5.74, 6) is -0.795. The number of hydrogen-bond donors (Lipinski definition) is 3. The summed E-state index contributed by atoms with van der Waals surface area (Å²) in [5, 5.41) is 15.1. The molecule has 1 aromatic rings. The van der Waals surface area contributed by atoms with E-state index < -0.39 is 11.8 Å². The molecule has 2 amide bonds. The van der Waals surface area contributed by atoms with Crippen LogP contribution in [0.3, 0.4) is 0 Å². The zero-order valence-corrected chi connectivity index (χ0v) is 15.2. The van der Waals surface area contributed by atoms with Gasteiger partial charge in [-0.2, -0.15) is 0 Å². The molecule has 134 valence electrons. The van der Waals surface area contributed by atoms with Gasteiger partial charge >= 0.3 is 0 Å². The van der Waals surface area contributed by atoms with Gasteiger partial charge in [-0.3, -0.25) is 25.1 Å². The normalized spacial score (nSPS) is 14.4. The van der Waals surface area contributed by atoms with E-state index in [9.17, 15) is 14.7 Å². The van der Waals surface area contributed by atoms with Crippen LogP contribution in [0.4, 0.5) is 0 Å². The van der Waals surface area contributed by atoms with Crippen molar-refractivity contribution in [2.45, 2.75) is 20.4 Å². The summed E-state index contributed by atoms with van der Waals surface area (Å²) in [4.78, 5) is 26.1. The number of aromatic hydroxyl groups is 1. The third-order valence-corrected chi connectivity index (χ3v) is 4.14. The number of carbonyl (C=O) groups excluding carboxylic acids is 2. The van der Waals surface area contributed by atoms with Crippen molar-refractivity contribution >= 4 is 35.2 Å². The monoisotopic (exact) mass is 363 g/mol. The summed E-state index contributed by atoms with van der Waals surface area (Å²) < 4.78 is 5.22. The summed E-state index contributed by atoms with van der Waals surface area (Å²) in [6.45, 7) is 6.23. The first-order valence-electron chi connectivity index (χ1n) is 7.90. The molecule has 0 unspecified atom stereocenters. The number of nitrogens with zero attached hydrogens (tertiary/aromatic N) is 1. The van der Waals surface area contributed by atoms with Gasteiger partial charge in [0.2, 0.25) is 0 Å². The zero-order chi connectivity index (χ0) is 18.6. The number of benzene rings is 1. The van der Waals surface area contributed by atoms with Crippen molar-refractivity contribution in [1.82, 2.24) is 15.5 Å². The van der Waals surface area contributed by atoms with Crippen LogP contribution in [0, 0.1) is 0 Å². The van der Waals surface area contributed by atoms with Gasteiger partial charge in [0.1, 0.15) is 5.57 Å². The lowest BCUT2D eigenvalue weighted by atomic mass is 10.0. The Balaban J connectivity index is 2.44. The Morgan fingerprint density at radius 1 is 1.20 bits per heavy atom. The van der Waals surface area contributed by atoms with Crippen molar-refractivity contribution in [2.24, 2.45) is 0 Å². The molecule has 1 saturated heterocycles. The maximum atomic E-state index is 12.0. The number of thiocarbonyl (C=S) groups is 1. The average Bonchev–Trinajstić information content (AvgIpc) is 2.57. The zero-order valence-electron chi connectivity index (χ0n) is 14.4. The van der Waals surface area contributed by atoms with Crippen molar-refractivity contribution in [3.63, 3.8) is 0 Å². The summed E-state index contributed by atoms with van der Waals surface area (Å²) >= 11 is 4.78. The number of hydrogen-bond acceptors (Lipinski definition) is 6. The fourth-order valence-electron chi connectivity index (χ4n) is 2.51. The first-order valence-corrected chi connectivity index (χ1v) is 8.31. The number of carbonyl (C=O) groups is 2. The van der Waals surface area contributed by atoms with Gasteiger partial charge in [0.05, 0.1) is 7.11 Å². The van der Waals surface area contributed by atoms with Crippen molar-refractivity contribution in [2.75, 3.05) is 20.2 Å². The Hall–Kier alpha value is -2.45. The van der Waals surface area contributed by atoms with Crippen molar-refractivity contribution in [3.05, 3.63) is 28.8 Å². The Morgan fingerprint density at radius 2 is 1.80 bits per heavy atom. The number of phenolic OH excluding ortho intramolecular Hbond substituents is 1. The molecule has 0 radical (unpaired) electrons. The summed E-state index contributed by atoms with van der Waals surface area (Å²) in [6, 6.07) is 3.30. The number of rotatable bonds is 6. The van der Waals surface area contributed by atoms with Crippen LogP contribution < -0.4 is 15.4 Å². The number of methoxy groups -OCH3 is 1. The van der Waals surface area contributed by atoms with E-state index in [4.69, 9.17) is 17.0 Å². The molecule has 3 N–H and O–H groups in total. The maximum Gasteiger partial charge on any atom is 0.263 e. The van der Waals surface area contributed by atoms with Crippen LogP contribution in [0.25, 0.3) is 6.08 Å². The molecule has 0 saturated carbocycles. The van der Waals surface area contributed by atoms with Crippen LogP contribution in [0.15, 0.2) is 17.7 Å². The van der Waals surface area contributed by atoms with Crippen LogP contribution in [-0.4, -0.2) is 47.1 Å². The quantitative estimate of drug-likeness (QED) is 0.399. The Bertz CT molecular complexity index is 720. The molecule has 1 aromatic carbocycles. The average molecular weight is 363 g/mol. The van der Waals surface area contributed by atoms with Crippen molar-refractivity contribution in [1.29, 1.82) is 0 Å². The molecule has 1 aliphatic heterocycles. The van der Waals surface area contributed by atoms with E-state index in [0.29, 0.717) is 17.7 Å².